The third kappa shape index (κ3) is 4.84. The Labute approximate surface area is 182 Å². The molecule has 2 aliphatic heterocycles. The molecule has 1 N–H and O–H groups in total. The quantitative estimate of drug-likeness (QED) is 0.794. The minimum Gasteiger partial charge on any atom is -0.339 e. The van der Waals surface area contributed by atoms with Gasteiger partial charge < -0.3 is 10.2 Å². The third-order valence-corrected chi connectivity index (χ3v) is 7.02. The molecule has 1 spiro atoms. The number of nitrogens with one attached hydrogen (secondary N) is 1. The van der Waals surface area contributed by atoms with E-state index in [9.17, 15) is 4.79 Å². The molecule has 2 heterocycles. The Hall–Kier alpha value is -0.810. The summed E-state index contributed by atoms with van der Waals surface area (Å²) < 4.78 is 0. The van der Waals surface area contributed by atoms with Gasteiger partial charge >= 0.3 is 0 Å². The highest BCUT2D eigenvalue weighted by Crippen LogP contribution is 2.38. The molecule has 1 aromatic rings. The molecule has 2 saturated heterocycles. The summed E-state index contributed by atoms with van der Waals surface area (Å²) in [6.45, 7) is 8.00. The molecule has 6 heteroatoms. The summed E-state index contributed by atoms with van der Waals surface area (Å²) in [4.78, 5) is 18.0. The molecular weight excluding hydrogens is 393 g/mol. The summed E-state index contributed by atoms with van der Waals surface area (Å²) in [5, 5.41) is 3.31. The number of carbonyl (C=O) groups is 1. The molecule has 0 bridgehead atoms. The first-order chi connectivity index (χ1) is 12.7. The van der Waals surface area contributed by atoms with E-state index < -0.39 is 0 Å². The number of hydrogen-bond acceptors (Lipinski definition) is 3. The van der Waals surface area contributed by atoms with Crippen LogP contribution in [0.15, 0.2) is 30.3 Å². The summed E-state index contributed by atoms with van der Waals surface area (Å²) in [5.41, 5.74) is 1.59. The summed E-state index contributed by atoms with van der Waals surface area (Å²) in [5.74, 6) is 1.09. The van der Waals surface area contributed by atoms with E-state index in [1.54, 1.807) is 0 Å². The first-order valence-corrected chi connectivity index (χ1v) is 10.5. The predicted molar refractivity (Wildman–Crippen MR) is 119 cm³/mol. The Morgan fingerprint density at radius 2 is 1.79 bits per heavy atom. The lowest BCUT2D eigenvalue weighted by Crippen LogP contribution is -2.64. The van der Waals surface area contributed by atoms with E-state index in [1.807, 2.05) is 0 Å². The normalized spacial score (nSPS) is 23.2. The molecule has 0 aromatic heterocycles. The van der Waals surface area contributed by atoms with Crippen LogP contribution in [-0.4, -0.2) is 54.0 Å². The van der Waals surface area contributed by atoms with Gasteiger partial charge in [-0.15, -0.1) is 24.8 Å². The molecule has 4 rings (SSSR count). The number of piperazine rings is 1. The number of amides is 1. The zero-order valence-corrected chi connectivity index (χ0v) is 18.6. The van der Waals surface area contributed by atoms with Crippen molar-refractivity contribution in [2.24, 2.45) is 11.8 Å². The van der Waals surface area contributed by atoms with Crippen molar-refractivity contribution in [1.29, 1.82) is 0 Å². The number of halogens is 2. The molecule has 1 unspecified atom stereocenters. The van der Waals surface area contributed by atoms with Crippen LogP contribution in [0.4, 0.5) is 0 Å². The van der Waals surface area contributed by atoms with Crippen molar-refractivity contribution in [1.82, 2.24) is 15.1 Å². The molecule has 4 nitrogen and oxygen atoms in total. The molecule has 3 aliphatic rings. The van der Waals surface area contributed by atoms with E-state index in [4.69, 9.17) is 0 Å². The number of hydrogen-bond donors (Lipinski definition) is 1. The van der Waals surface area contributed by atoms with Gasteiger partial charge in [0.1, 0.15) is 0 Å². The summed E-state index contributed by atoms with van der Waals surface area (Å²) in [7, 11) is 0. The Bertz CT molecular complexity index is 617. The molecule has 158 valence electrons. The van der Waals surface area contributed by atoms with Crippen molar-refractivity contribution in [2.45, 2.75) is 51.1 Å². The van der Waals surface area contributed by atoms with Crippen LogP contribution in [0.2, 0.25) is 0 Å². The van der Waals surface area contributed by atoms with Crippen molar-refractivity contribution >= 4 is 30.7 Å². The minimum absolute atomic E-state index is 0. The maximum absolute atomic E-state index is 13.1. The zero-order chi connectivity index (χ0) is 18.0. The average Bonchev–Trinajstić information content (AvgIpc) is 2.63. The van der Waals surface area contributed by atoms with Crippen molar-refractivity contribution in [3.8, 4) is 0 Å². The van der Waals surface area contributed by atoms with E-state index >= 15 is 0 Å². The number of benzene rings is 1. The Balaban J connectivity index is 0.00000140. The third-order valence-electron chi connectivity index (χ3n) is 7.02. The standard InChI is InChI=1S/C22H33N3O.2ClH/c1-18(20-14-23-15-20)21(26)24-12-13-25(16-19-8-4-2-5-9-19)22(17-24)10-6-3-7-11-22;;/h2,4-5,8-9,18,20,23H,3,6-7,10-17H2,1H3;2*1H. The number of rotatable bonds is 4. The summed E-state index contributed by atoms with van der Waals surface area (Å²) in [6.07, 6.45) is 6.43. The van der Waals surface area contributed by atoms with Gasteiger partial charge in [-0.25, -0.2) is 0 Å². The van der Waals surface area contributed by atoms with Gasteiger partial charge in [-0.1, -0.05) is 56.5 Å². The molecule has 28 heavy (non-hydrogen) atoms. The minimum atomic E-state index is 0. The van der Waals surface area contributed by atoms with Crippen LogP contribution < -0.4 is 5.32 Å². The van der Waals surface area contributed by atoms with Crippen molar-refractivity contribution in [2.75, 3.05) is 32.7 Å². The van der Waals surface area contributed by atoms with Gasteiger partial charge in [-0.2, -0.15) is 0 Å². The fourth-order valence-corrected chi connectivity index (χ4v) is 5.09. The van der Waals surface area contributed by atoms with Gasteiger partial charge in [0.05, 0.1) is 0 Å². The molecular formula is C22H35Cl2N3O. The van der Waals surface area contributed by atoms with Gasteiger partial charge in [-0.3, -0.25) is 9.69 Å². The van der Waals surface area contributed by atoms with Crippen LogP contribution >= 0.6 is 24.8 Å². The van der Waals surface area contributed by atoms with Gasteiger partial charge in [-0.05, 0) is 37.4 Å². The van der Waals surface area contributed by atoms with Crippen molar-refractivity contribution < 1.29 is 4.79 Å². The Morgan fingerprint density at radius 1 is 1.11 bits per heavy atom. The SMILES string of the molecule is CC(C(=O)N1CCN(Cc2ccccc2)C2(CCCCC2)C1)C1CNC1.Cl.Cl. The molecule has 1 aromatic carbocycles. The highest BCUT2D eigenvalue weighted by Gasteiger charge is 2.44. The second-order valence-corrected chi connectivity index (χ2v) is 8.66. The Kier molecular flexibility index (Phi) is 8.62. The first kappa shape index (κ1) is 23.5. The zero-order valence-electron chi connectivity index (χ0n) is 16.9. The topological polar surface area (TPSA) is 35.6 Å². The molecule has 1 atom stereocenters. The van der Waals surface area contributed by atoms with Gasteiger partial charge in [0.2, 0.25) is 5.91 Å². The number of carbonyl (C=O) groups excluding carboxylic acids is 1. The van der Waals surface area contributed by atoms with E-state index in [0.29, 0.717) is 11.8 Å². The van der Waals surface area contributed by atoms with E-state index in [2.05, 4.69) is 52.4 Å². The van der Waals surface area contributed by atoms with Gasteiger partial charge in [0.25, 0.3) is 0 Å². The van der Waals surface area contributed by atoms with E-state index in [-0.39, 0.29) is 36.3 Å². The fraction of sp³-hybridized carbons (Fsp3) is 0.682. The highest BCUT2D eigenvalue weighted by molar-refractivity contribution is 5.85. The highest BCUT2D eigenvalue weighted by atomic mass is 35.5. The van der Waals surface area contributed by atoms with Crippen LogP contribution in [0, 0.1) is 11.8 Å². The molecule has 1 aliphatic carbocycles. The van der Waals surface area contributed by atoms with Gasteiger partial charge in [0, 0.05) is 37.6 Å². The largest absolute Gasteiger partial charge is 0.339 e. The summed E-state index contributed by atoms with van der Waals surface area (Å²) in [6, 6.07) is 10.8. The second-order valence-electron chi connectivity index (χ2n) is 8.66. The molecule has 0 radical (unpaired) electrons. The van der Waals surface area contributed by atoms with Crippen LogP contribution in [0.3, 0.4) is 0 Å². The maximum atomic E-state index is 13.1. The number of nitrogens with zero attached hydrogens (tertiary/aromatic N) is 2. The lowest BCUT2D eigenvalue weighted by Gasteiger charge is -2.53. The monoisotopic (exact) mass is 427 g/mol. The smallest absolute Gasteiger partial charge is 0.225 e. The van der Waals surface area contributed by atoms with Crippen molar-refractivity contribution in [3.05, 3.63) is 35.9 Å². The van der Waals surface area contributed by atoms with Crippen LogP contribution in [0.1, 0.15) is 44.6 Å². The second kappa shape index (κ2) is 10.3. The molecule has 3 fully saturated rings. The van der Waals surface area contributed by atoms with Crippen LogP contribution in [0.25, 0.3) is 0 Å². The summed E-state index contributed by atoms with van der Waals surface area (Å²) >= 11 is 0. The van der Waals surface area contributed by atoms with Crippen molar-refractivity contribution in [3.63, 3.8) is 0 Å². The van der Waals surface area contributed by atoms with E-state index in [1.165, 1.54) is 37.7 Å². The van der Waals surface area contributed by atoms with E-state index in [0.717, 1.165) is 39.3 Å². The van der Waals surface area contributed by atoms with Gasteiger partial charge in [0.15, 0.2) is 0 Å². The lowest BCUT2D eigenvalue weighted by molar-refractivity contribution is -0.145. The predicted octanol–water partition coefficient (Wildman–Crippen LogP) is 3.73. The maximum Gasteiger partial charge on any atom is 0.225 e. The fourth-order valence-electron chi connectivity index (χ4n) is 5.09. The van der Waals surface area contributed by atoms with Crippen LogP contribution in [0.5, 0.6) is 0 Å². The molecule has 1 amide bonds. The lowest BCUT2D eigenvalue weighted by atomic mass is 9.77. The molecule has 1 saturated carbocycles. The average molecular weight is 428 g/mol. The Morgan fingerprint density at radius 3 is 2.39 bits per heavy atom. The first-order valence-electron chi connectivity index (χ1n) is 10.5. The van der Waals surface area contributed by atoms with Crippen LogP contribution in [-0.2, 0) is 11.3 Å².